The van der Waals surface area contributed by atoms with Crippen molar-refractivity contribution in [3.05, 3.63) is 22.8 Å². The van der Waals surface area contributed by atoms with E-state index in [9.17, 15) is 5.11 Å². The summed E-state index contributed by atoms with van der Waals surface area (Å²) in [5, 5.41) is 9.86. The van der Waals surface area contributed by atoms with Crippen molar-refractivity contribution in [2.45, 2.75) is 46.3 Å². The molecule has 0 aromatic carbocycles. The highest BCUT2D eigenvalue weighted by molar-refractivity contribution is 5.27. The summed E-state index contributed by atoms with van der Waals surface area (Å²) in [5.74, 6) is 0.859. The summed E-state index contributed by atoms with van der Waals surface area (Å²) in [6.45, 7) is 10.2. The summed E-state index contributed by atoms with van der Waals surface area (Å²) < 4.78 is 0. The average molecular weight is 235 g/mol. The molecule has 0 unspecified atom stereocenters. The number of β-amino-alcohol motifs (C(OH)–C–C–N with tert-alkyl or cyclic N) is 1. The molecule has 0 spiro atoms. The van der Waals surface area contributed by atoms with Crippen LogP contribution in [0.25, 0.3) is 0 Å². The summed E-state index contributed by atoms with van der Waals surface area (Å²) >= 11 is 0. The highest BCUT2D eigenvalue weighted by Crippen LogP contribution is 2.21. The van der Waals surface area contributed by atoms with Gasteiger partial charge in [0.05, 0.1) is 11.3 Å². The van der Waals surface area contributed by atoms with Crippen LogP contribution in [0.1, 0.15) is 36.6 Å². The van der Waals surface area contributed by atoms with Gasteiger partial charge in [-0.15, -0.1) is 0 Å². The predicted molar refractivity (Wildman–Crippen MR) is 66.8 cm³/mol. The first-order valence-corrected chi connectivity index (χ1v) is 6.13. The minimum Gasteiger partial charge on any atom is -0.389 e. The Bertz CT molecular complexity index is 423. The van der Waals surface area contributed by atoms with Gasteiger partial charge in [-0.05, 0) is 27.7 Å². The number of hydrogen-bond acceptors (Lipinski definition) is 4. The molecule has 0 atom stereocenters. The predicted octanol–water partition coefficient (Wildman–Crippen LogP) is 1.22. The van der Waals surface area contributed by atoms with Crippen LogP contribution in [0.2, 0.25) is 0 Å². The molecule has 1 aromatic heterocycles. The Morgan fingerprint density at radius 2 is 2.00 bits per heavy atom. The summed E-state index contributed by atoms with van der Waals surface area (Å²) in [6, 6.07) is 0. The van der Waals surface area contributed by atoms with Crippen LogP contribution >= 0.6 is 0 Å². The maximum atomic E-state index is 9.86. The highest BCUT2D eigenvalue weighted by Gasteiger charge is 2.24. The van der Waals surface area contributed by atoms with E-state index >= 15 is 0 Å². The van der Waals surface area contributed by atoms with Crippen molar-refractivity contribution < 1.29 is 5.11 Å². The van der Waals surface area contributed by atoms with Crippen molar-refractivity contribution in [1.82, 2.24) is 14.9 Å². The average Bonchev–Trinajstić information content (AvgIpc) is 2.16. The van der Waals surface area contributed by atoms with E-state index < -0.39 is 5.60 Å². The van der Waals surface area contributed by atoms with E-state index in [4.69, 9.17) is 0 Å². The van der Waals surface area contributed by atoms with E-state index in [1.807, 2.05) is 27.7 Å². The van der Waals surface area contributed by atoms with Crippen LogP contribution in [0, 0.1) is 13.8 Å². The maximum Gasteiger partial charge on any atom is 0.125 e. The fourth-order valence-corrected chi connectivity index (χ4v) is 2.47. The topological polar surface area (TPSA) is 49.2 Å². The van der Waals surface area contributed by atoms with Crippen molar-refractivity contribution in [2.24, 2.45) is 0 Å². The molecule has 1 N–H and O–H groups in total. The quantitative estimate of drug-likeness (QED) is 0.837. The SMILES string of the molecule is Cc1nc(C)c2c(n1)CCN(CC(C)(C)O)C2. The van der Waals surface area contributed by atoms with Crippen molar-refractivity contribution in [2.75, 3.05) is 13.1 Å². The highest BCUT2D eigenvalue weighted by atomic mass is 16.3. The molecule has 0 saturated carbocycles. The smallest absolute Gasteiger partial charge is 0.125 e. The van der Waals surface area contributed by atoms with Crippen molar-refractivity contribution in [3.8, 4) is 0 Å². The molecule has 0 fully saturated rings. The summed E-state index contributed by atoms with van der Waals surface area (Å²) in [5.41, 5.74) is 2.86. The molecule has 17 heavy (non-hydrogen) atoms. The van der Waals surface area contributed by atoms with Crippen LogP contribution < -0.4 is 0 Å². The first kappa shape index (κ1) is 12.5. The minimum absolute atomic E-state index is 0.642. The maximum absolute atomic E-state index is 9.86. The first-order chi connectivity index (χ1) is 7.85. The van der Waals surface area contributed by atoms with Gasteiger partial charge in [-0.3, -0.25) is 4.90 Å². The number of hydrogen-bond donors (Lipinski definition) is 1. The molecular formula is C13H21N3O. The molecule has 94 valence electrons. The van der Waals surface area contributed by atoms with Gasteiger partial charge in [0.2, 0.25) is 0 Å². The Hall–Kier alpha value is -1.00. The second kappa shape index (κ2) is 4.35. The second-order valence-electron chi connectivity index (χ2n) is 5.55. The Labute approximate surface area is 103 Å². The molecule has 0 radical (unpaired) electrons. The molecule has 2 rings (SSSR count). The van der Waals surface area contributed by atoms with Crippen LogP contribution in [0.4, 0.5) is 0 Å². The molecule has 1 aromatic rings. The summed E-state index contributed by atoms with van der Waals surface area (Å²) in [6.07, 6.45) is 0.954. The van der Waals surface area contributed by atoms with Crippen LogP contribution in [0.5, 0.6) is 0 Å². The van der Waals surface area contributed by atoms with E-state index in [1.54, 1.807) is 0 Å². The van der Waals surface area contributed by atoms with E-state index in [0.29, 0.717) is 6.54 Å². The van der Waals surface area contributed by atoms with Crippen molar-refractivity contribution in [1.29, 1.82) is 0 Å². The van der Waals surface area contributed by atoms with Gasteiger partial charge in [-0.1, -0.05) is 0 Å². The third-order valence-electron chi connectivity index (χ3n) is 3.07. The van der Waals surface area contributed by atoms with Gasteiger partial charge in [0.15, 0.2) is 0 Å². The van der Waals surface area contributed by atoms with Crippen LogP contribution in [-0.4, -0.2) is 38.7 Å². The van der Waals surface area contributed by atoms with Gasteiger partial charge in [-0.2, -0.15) is 0 Å². The lowest BCUT2D eigenvalue weighted by molar-refractivity contribution is 0.0313. The molecule has 1 aliphatic rings. The van der Waals surface area contributed by atoms with Crippen molar-refractivity contribution >= 4 is 0 Å². The number of nitrogens with zero attached hydrogens (tertiary/aromatic N) is 3. The second-order valence-corrected chi connectivity index (χ2v) is 5.55. The van der Waals surface area contributed by atoms with E-state index in [0.717, 1.165) is 31.0 Å². The fourth-order valence-electron chi connectivity index (χ4n) is 2.47. The largest absolute Gasteiger partial charge is 0.389 e. The zero-order chi connectivity index (χ0) is 12.6. The molecule has 0 saturated heterocycles. The third-order valence-corrected chi connectivity index (χ3v) is 3.07. The number of aromatic nitrogens is 2. The molecule has 4 heteroatoms. The van der Waals surface area contributed by atoms with Gasteiger partial charge in [-0.25, -0.2) is 9.97 Å². The summed E-state index contributed by atoms with van der Waals surface area (Å²) in [4.78, 5) is 11.2. The number of fused-ring (bicyclic) bond motifs is 1. The van der Waals surface area contributed by atoms with Gasteiger partial charge in [0.25, 0.3) is 0 Å². The lowest BCUT2D eigenvalue weighted by Gasteiger charge is -2.33. The number of aryl methyl sites for hydroxylation is 2. The molecule has 0 aliphatic carbocycles. The molecule has 0 amide bonds. The first-order valence-electron chi connectivity index (χ1n) is 6.13. The summed E-state index contributed by atoms with van der Waals surface area (Å²) in [7, 11) is 0. The molecule has 0 bridgehead atoms. The molecule has 4 nitrogen and oxygen atoms in total. The van der Waals surface area contributed by atoms with E-state index in [-0.39, 0.29) is 0 Å². The Balaban J connectivity index is 2.19. The van der Waals surface area contributed by atoms with E-state index in [1.165, 1.54) is 11.3 Å². The molecule has 1 aliphatic heterocycles. The van der Waals surface area contributed by atoms with Gasteiger partial charge >= 0.3 is 0 Å². The Morgan fingerprint density at radius 3 is 2.65 bits per heavy atom. The minimum atomic E-state index is -0.642. The van der Waals surface area contributed by atoms with Crippen LogP contribution in [0.3, 0.4) is 0 Å². The number of aliphatic hydroxyl groups is 1. The molecular weight excluding hydrogens is 214 g/mol. The normalized spacial score (nSPS) is 17.0. The Kier molecular flexibility index (Phi) is 3.19. The fraction of sp³-hybridized carbons (Fsp3) is 0.692. The van der Waals surface area contributed by atoms with Crippen LogP contribution in [-0.2, 0) is 13.0 Å². The van der Waals surface area contributed by atoms with Crippen LogP contribution in [0.15, 0.2) is 0 Å². The van der Waals surface area contributed by atoms with Crippen molar-refractivity contribution in [3.63, 3.8) is 0 Å². The van der Waals surface area contributed by atoms with Gasteiger partial charge < -0.3 is 5.11 Å². The zero-order valence-corrected chi connectivity index (χ0v) is 11.1. The lowest BCUT2D eigenvalue weighted by Crippen LogP contribution is -2.41. The Morgan fingerprint density at radius 1 is 1.29 bits per heavy atom. The standard InChI is InChI=1S/C13H21N3O/c1-9-11-7-16(8-13(3,4)17)6-5-12(11)15-10(2)14-9/h17H,5-8H2,1-4H3. The van der Waals surface area contributed by atoms with Gasteiger partial charge in [0.1, 0.15) is 5.82 Å². The monoisotopic (exact) mass is 235 g/mol. The van der Waals surface area contributed by atoms with E-state index in [2.05, 4.69) is 14.9 Å². The zero-order valence-electron chi connectivity index (χ0n) is 11.1. The number of rotatable bonds is 2. The lowest BCUT2D eigenvalue weighted by atomic mass is 10.0. The van der Waals surface area contributed by atoms with Gasteiger partial charge in [0, 0.05) is 37.3 Å². The third kappa shape index (κ3) is 3.01. The molecule has 2 heterocycles.